The summed E-state index contributed by atoms with van der Waals surface area (Å²) < 4.78 is 10.9. The average molecular weight is 418 g/mol. The molecule has 0 atom stereocenters. The second-order valence-electron chi connectivity index (χ2n) is 7.81. The Morgan fingerprint density at radius 3 is 2.17 bits per heavy atom. The third kappa shape index (κ3) is 5.72. The number of Topliss-reactive ketones (excluding diaryl/α,β-unsaturated/α-hetero) is 1. The molecular weight excluding hydrogens is 386 g/mol. The van der Waals surface area contributed by atoms with Gasteiger partial charge in [-0.15, -0.1) is 0 Å². The van der Waals surface area contributed by atoms with Crippen molar-refractivity contribution >= 4 is 17.6 Å². The predicted octanol–water partition coefficient (Wildman–Crippen LogP) is 1.43. The van der Waals surface area contributed by atoms with E-state index in [4.69, 9.17) is 9.47 Å². The van der Waals surface area contributed by atoms with Gasteiger partial charge in [0.2, 0.25) is 5.91 Å². The fourth-order valence-corrected chi connectivity index (χ4v) is 3.83. The van der Waals surface area contributed by atoms with Crippen molar-refractivity contribution in [1.29, 1.82) is 0 Å². The molecule has 2 saturated heterocycles. The van der Waals surface area contributed by atoms with Gasteiger partial charge < -0.3 is 19.3 Å². The van der Waals surface area contributed by atoms with Crippen LogP contribution in [-0.4, -0.2) is 91.8 Å². The van der Waals surface area contributed by atoms with Crippen LogP contribution in [0, 0.1) is 0 Å². The maximum Gasteiger partial charge on any atom is 0.260 e. The molecule has 0 radical (unpaired) electrons. The van der Waals surface area contributed by atoms with Crippen molar-refractivity contribution in [2.45, 2.75) is 26.2 Å². The van der Waals surface area contributed by atoms with Crippen molar-refractivity contribution in [2.75, 3.05) is 59.5 Å². The molecule has 8 nitrogen and oxygen atoms in total. The lowest BCUT2D eigenvalue weighted by Crippen LogP contribution is -2.52. The maximum atomic E-state index is 12.5. The Morgan fingerprint density at radius 1 is 0.867 bits per heavy atom. The molecule has 0 spiro atoms. The molecule has 2 fully saturated rings. The fraction of sp³-hybridized carbons (Fsp3) is 0.591. The van der Waals surface area contributed by atoms with Crippen molar-refractivity contribution in [3.63, 3.8) is 0 Å². The number of ketones is 1. The lowest BCUT2D eigenvalue weighted by Gasteiger charge is -2.36. The number of piperidine rings is 1. The minimum atomic E-state index is -0.102. The van der Waals surface area contributed by atoms with E-state index in [-0.39, 0.29) is 24.2 Å². The van der Waals surface area contributed by atoms with E-state index in [2.05, 4.69) is 4.90 Å². The summed E-state index contributed by atoms with van der Waals surface area (Å²) in [4.78, 5) is 42.3. The minimum Gasteiger partial charge on any atom is -0.493 e. The van der Waals surface area contributed by atoms with Crippen molar-refractivity contribution in [3.05, 3.63) is 23.8 Å². The Labute approximate surface area is 177 Å². The van der Waals surface area contributed by atoms with E-state index < -0.39 is 0 Å². The number of ether oxygens (including phenoxy) is 2. The number of piperazine rings is 1. The van der Waals surface area contributed by atoms with Crippen LogP contribution in [0.25, 0.3) is 0 Å². The van der Waals surface area contributed by atoms with Gasteiger partial charge in [0.1, 0.15) is 0 Å². The van der Waals surface area contributed by atoms with Crippen molar-refractivity contribution < 1.29 is 23.9 Å². The fourth-order valence-electron chi connectivity index (χ4n) is 3.83. The standard InChI is InChI=1S/C22H31N3O5/c1-17(26)18-6-7-19(20(14-18)29-2)30-16-22(28)25-12-10-23(11-13-25)15-21(27)24-8-4-3-5-9-24/h6-7,14H,3-5,8-13,15-16H2,1-2H3. The van der Waals surface area contributed by atoms with Gasteiger partial charge in [-0.1, -0.05) is 0 Å². The zero-order valence-corrected chi connectivity index (χ0v) is 17.9. The molecule has 30 heavy (non-hydrogen) atoms. The van der Waals surface area contributed by atoms with Crippen molar-refractivity contribution in [3.8, 4) is 11.5 Å². The monoisotopic (exact) mass is 417 g/mol. The highest BCUT2D eigenvalue weighted by Gasteiger charge is 2.25. The molecule has 2 aliphatic heterocycles. The molecule has 2 aliphatic rings. The first-order valence-electron chi connectivity index (χ1n) is 10.6. The number of methoxy groups -OCH3 is 1. The van der Waals surface area contributed by atoms with Crippen LogP contribution in [0.5, 0.6) is 11.5 Å². The van der Waals surface area contributed by atoms with Crippen LogP contribution in [0.2, 0.25) is 0 Å². The van der Waals surface area contributed by atoms with E-state index in [1.54, 1.807) is 23.1 Å². The number of hydrogen-bond donors (Lipinski definition) is 0. The number of carbonyl (C=O) groups is 3. The highest BCUT2D eigenvalue weighted by molar-refractivity contribution is 5.94. The Balaban J connectivity index is 1.44. The Kier molecular flexibility index (Phi) is 7.68. The second-order valence-corrected chi connectivity index (χ2v) is 7.81. The van der Waals surface area contributed by atoms with Gasteiger partial charge in [0.05, 0.1) is 13.7 Å². The molecule has 3 rings (SSSR count). The summed E-state index contributed by atoms with van der Waals surface area (Å²) >= 11 is 0. The first-order chi connectivity index (χ1) is 14.5. The third-order valence-electron chi connectivity index (χ3n) is 5.71. The third-order valence-corrected chi connectivity index (χ3v) is 5.71. The van der Waals surface area contributed by atoms with Gasteiger partial charge in [-0.25, -0.2) is 0 Å². The highest BCUT2D eigenvalue weighted by Crippen LogP contribution is 2.28. The van der Waals surface area contributed by atoms with Crippen LogP contribution in [0.4, 0.5) is 0 Å². The molecular formula is C22H31N3O5. The topological polar surface area (TPSA) is 79.4 Å². The zero-order valence-electron chi connectivity index (χ0n) is 17.9. The molecule has 0 aliphatic carbocycles. The molecule has 8 heteroatoms. The summed E-state index contributed by atoms with van der Waals surface area (Å²) in [7, 11) is 1.50. The van der Waals surface area contributed by atoms with Crippen molar-refractivity contribution in [1.82, 2.24) is 14.7 Å². The maximum absolute atomic E-state index is 12.5. The molecule has 2 heterocycles. The normalized spacial score (nSPS) is 17.5. The molecule has 0 saturated carbocycles. The van der Waals surface area contributed by atoms with E-state index >= 15 is 0 Å². The summed E-state index contributed by atoms with van der Waals surface area (Å²) in [5.74, 6) is 0.888. The number of benzene rings is 1. The van der Waals surface area contributed by atoms with Gasteiger partial charge in [0.15, 0.2) is 23.9 Å². The van der Waals surface area contributed by atoms with E-state index in [0.29, 0.717) is 49.8 Å². The highest BCUT2D eigenvalue weighted by atomic mass is 16.5. The molecule has 0 unspecified atom stereocenters. The molecule has 2 amide bonds. The summed E-state index contributed by atoms with van der Waals surface area (Å²) in [6, 6.07) is 4.91. The van der Waals surface area contributed by atoms with Gasteiger partial charge in [-0.05, 0) is 44.4 Å². The van der Waals surface area contributed by atoms with Gasteiger partial charge in [0.25, 0.3) is 5.91 Å². The summed E-state index contributed by atoms with van der Waals surface area (Å²) in [6.07, 6.45) is 3.39. The number of hydrogen-bond acceptors (Lipinski definition) is 6. The Morgan fingerprint density at radius 2 is 1.53 bits per heavy atom. The van der Waals surface area contributed by atoms with Crippen LogP contribution < -0.4 is 9.47 Å². The lowest BCUT2D eigenvalue weighted by molar-refractivity contribution is -0.136. The molecule has 0 N–H and O–H groups in total. The smallest absolute Gasteiger partial charge is 0.260 e. The molecule has 164 valence electrons. The SMILES string of the molecule is COc1cc(C(C)=O)ccc1OCC(=O)N1CCN(CC(=O)N2CCCCC2)CC1. The van der Waals surface area contributed by atoms with Gasteiger partial charge in [0, 0.05) is 44.8 Å². The number of nitrogens with zero attached hydrogens (tertiary/aromatic N) is 3. The van der Waals surface area contributed by atoms with Crippen LogP contribution in [0.15, 0.2) is 18.2 Å². The van der Waals surface area contributed by atoms with Crippen LogP contribution >= 0.6 is 0 Å². The van der Waals surface area contributed by atoms with E-state index in [1.165, 1.54) is 20.5 Å². The summed E-state index contributed by atoms with van der Waals surface area (Å²) in [5, 5.41) is 0. The van der Waals surface area contributed by atoms with Gasteiger partial charge in [-0.3, -0.25) is 19.3 Å². The number of carbonyl (C=O) groups excluding carboxylic acids is 3. The quantitative estimate of drug-likeness (QED) is 0.625. The number of rotatable bonds is 7. The first-order valence-corrected chi connectivity index (χ1v) is 10.6. The first kappa shape index (κ1) is 22.1. The molecule has 1 aromatic carbocycles. The Hall–Kier alpha value is -2.61. The zero-order chi connectivity index (χ0) is 21.5. The minimum absolute atomic E-state index is 0.0624. The van der Waals surface area contributed by atoms with Crippen LogP contribution in [0.3, 0.4) is 0 Å². The van der Waals surface area contributed by atoms with Crippen LogP contribution in [0.1, 0.15) is 36.5 Å². The average Bonchev–Trinajstić information content (AvgIpc) is 2.78. The molecule has 1 aromatic rings. The second kappa shape index (κ2) is 10.4. The molecule has 0 bridgehead atoms. The van der Waals surface area contributed by atoms with Crippen LogP contribution in [-0.2, 0) is 9.59 Å². The summed E-state index contributed by atoms with van der Waals surface area (Å²) in [5.41, 5.74) is 0.528. The van der Waals surface area contributed by atoms with Crippen molar-refractivity contribution in [2.24, 2.45) is 0 Å². The largest absolute Gasteiger partial charge is 0.493 e. The van der Waals surface area contributed by atoms with E-state index in [1.807, 2.05) is 4.90 Å². The van der Waals surface area contributed by atoms with E-state index in [9.17, 15) is 14.4 Å². The van der Waals surface area contributed by atoms with Gasteiger partial charge >= 0.3 is 0 Å². The predicted molar refractivity (Wildman–Crippen MR) is 112 cm³/mol. The number of amides is 2. The molecule has 0 aromatic heterocycles. The lowest BCUT2D eigenvalue weighted by atomic mass is 10.1. The number of likely N-dealkylation sites (tertiary alicyclic amines) is 1. The summed E-state index contributed by atoms with van der Waals surface area (Å²) in [6.45, 7) is 6.08. The Bertz CT molecular complexity index is 768. The van der Waals surface area contributed by atoms with E-state index in [0.717, 1.165) is 25.9 Å². The van der Waals surface area contributed by atoms with Gasteiger partial charge in [-0.2, -0.15) is 0 Å².